The Morgan fingerprint density at radius 1 is 0.765 bits per heavy atom. The number of carbonyl (C=O) groups is 4. The molecule has 0 spiro atoms. The number of hydrogen-bond acceptors (Lipinski definition) is 5. The van der Waals surface area contributed by atoms with Crippen LogP contribution in [-0.2, 0) is 23.9 Å². The highest BCUT2D eigenvalue weighted by Gasteiger charge is 2.11. The third-order valence-electron chi connectivity index (χ3n) is 2.36. The molecule has 5 heteroatoms. The van der Waals surface area contributed by atoms with Crippen LogP contribution in [-0.4, -0.2) is 38.4 Å². The lowest BCUT2D eigenvalue weighted by Gasteiger charge is -2.12. The van der Waals surface area contributed by atoms with Crippen LogP contribution in [0.3, 0.4) is 0 Å². The van der Waals surface area contributed by atoms with Gasteiger partial charge in [-0.2, -0.15) is 0 Å². The van der Waals surface area contributed by atoms with E-state index in [2.05, 4.69) is 0 Å². The standard InChI is InChI=1S/C12H18O5/c13-5-1-3-11(7-15)9-17-10-12(8-16)4-2-6-14/h5-8,11-12H,1-4,9-10H2. The van der Waals surface area contributed by atoms with Gasteiger partial charge >= 0.3 is 0 Å². The average molecular weight is 242 g/mol. The summed E-state index contributed by atoms with van der Waals surface area (Å²) in [6.07, 6.45) is 4.61. The third-order valence-corrected chi connectivity index (χ3v) is 2.36. The van der Waals surface area contributed by atoms with E-state index in [0.29, 0.717) is 25.7 Å². The minimum atomic E-state index is -0.307. The molecule has 0 radical (unpaired) electrons. The normalized spacial score (nSPS) is 13.6. The Kier molecular flexibility index (Phi) is 10.2. The van der Waals surface area contributed by atoms with Gasteiger partial charge in [0.1, 0.15) is 25.1 Å². The maximum atomic E-state index is 10.6. The van der Waals surface area contributed by atoms with Gasteiger partial charge in [0.15, 0.2) is 0 Å². The van der Waals surface area contributed by atoms with Gasteiger partial charge in [-0.1, -0.05) is 0 Å². The van der Waals surface area contributed by atoms with Gasteiger partial charge < -0.3 is 23.9 Å². The van der Waals surface area contributed by atoms with E-state index in [1.807, 2.05) is 0 Å². The molecular formula is C12H18O5. The zero-order chi connectivity index (χ0) is 12.9. The van der Waals surface area contributed by atoms with Crippen molar-refractivity contribution in [3.05, 3.63) is 0 Å². The molecule has 0 heterocycles. The molecular weight excluding hydrogens is 224 g/mol. The van der Waals surface area contributed by atoms with Crippen molar-refractivity contribution in [2.45, 2.75) is 25.7 Å². The van der Waals surface area contributed by atoms with E-state index in [1.54, 1.807) is 0 Å². The topological polar surface area (TPSA) is 77.5 Å². The second-order valence-corrected chi connectivity index (χ2v) is 3.82. The number of rotatable bonds is 12. The fourth-order valence-electron chi connectivity index (χ4n) is 1.32. The summed E-state index contributed by atoms with van der Waals surface area (Å²) >= 11 is 0. The molecule has 5 nitrogen and oxygen atoms in total. The molecule has 2 unspecified atom stereocenters. The Labute approximate surface area is 101 Å². The van der Waals surface area contributed by atoms with Crippen LogP contribution < -0.4 is 0 Å². The molecule has 0 saturated heterocycles. The monoisotopic (exact) mass is 242 g/mol. The molecule has 0 rings (SSSR count). The van der Waals surface area contributed by atoms with E-state index in [4.69, 9.17) is 4.74 Å². The molecule has 2 atom stereocenters. The molecule has 17 heavy (non-hydrogen) atoms. The first-order valence-electron chi connectivity index (χ1n) is 5.64. The maximum Gasteiger partial charge on any atom is 0.125 e. The van der Waals surface area contributed by atoms with Gasteiger partial charge in [0.05, 0.1) is 13.2 Å². The largest absolute Gasteiger partial charge is 0.380 e. The van der Waals surface area contributed by atoms with Gasteiger partial charge in [-0.3, -0.25) is 0 Å². The quantitative estimate of drug-likeness (QED) is 0.468. The third kappa shape index (κ3) is 8.45. The fourth-order valence-corrected chi connectivity index (χ4v) is 1.32. The van der Waals surface area contributed by atoms with Gasteiger partial charge in [-0.25, -0.2) is 0 Å². The van der Waals surface area contributed by atoms with Crippen molar-refractivity contribution in [3.8, 4) is 0 Å². The Balaban J connectivity index is 3.75. The first-order valence-corrected chi connectivity index (χ1v) is 5.64. The molecule has 0 saturated carbocycles. The summed E-state index contributed by atoms with van der Waals surface area (Å²) in [7, 11) is 0. The summed E-state index contributed by atoms with van der Waals surface area (Å²) in [4.78, 5) is 41.5. The van der Waals surface area contributed by atoms with Crippen LogP contribution in [0.15, 0.2) is 0 Å². The molecule has 96 valence electrons. The van der Waals surface area contributed by atoms with E-state index < -0.39 is 0 Å². The van der Waals surface area contributed by atoms with Crippen molar-refractivity contribution in [3.63, 3.8) is 0 Å². The van der Waals surface area contributed by atoms with Crippen LogP contribution >= 0.6 is 0 Å². The molecule has 0 aromatic heterocycles. The lowest BCUT2D eigenvalue weighted by atomic mass is 10.1. The Morgan fingerprint density at radius 3 is 1.47 bits per heavy atom. The van der Waals surface area contributed by atoms with Crippen LogP contribution in [0.5, 0.6) is 0 Å². The lowest BCUT2D eigenvalue weighted by Crippen LogP contribution is -2.17. The van der Waals surface area contributed by atoms with Gasteiger partial charge in [0.25, 0.3) is 0 Å². The molecule has 0 aliphatic carbocycles. The fraction of sp³-hybridized carbons (Fsp3) is 0.667. The van der Waals surface area contributed by atoms with Crippen molar-refractivity contribution >= 4 is 25.1 Å². The molecule has 0 fully saturated rings. The second-order valence-electron chi connectivity index (χ2n) is 3.82. The molecule has 0 aliphatic heterocycles. The predicted molar refractivity (Wildman–Crippen MR) is 60.5 cm³/mol. The van der Waals surface area contributed by atoms with Gasteiger partial charge in [0.2, 0.25) is 0 Å². The summed E-state index contributed by atoms with van der Waals surface area (Å²) in [5.41, 5.74) is 0. The van der Waals surface area contributed by atoms with Crippen molar-refractivity contribution in [2.75, 3.05) is 13.2 Å². The molecule has 0 aromatic rings. The van der Waals surface area contributed by atoms with Crippen molar-refractivity contribution < 1.29 is 23.9 Å². The summed E-state index contributed by atoms with van der Waals surface area (Å²) < 4.78 is 5.24. The second kappa shape index (κ2) is 11.1. The summed E-state index contributed by atoms with van der Waals surface area (Å²) in [5, 5.41) is 0. The van der Waals surface area contributed by atoms with E-state index in [0.717, 1.165) is 25.1 Å². The molecule has 0 bridgehead atoms. The minimum absolute atomic E-state index is 0.211. The highest BCUT2D eigenvalue weighted by atomic mass is 16.5. The Hall–Kier alpha value is -1.36. The van der Waals surface area contributed by atoms with Crippen LogP contribution in [0.4, 0.5) is 0 Å². The minimum Gasteiger partial charge on any atom is -0.380 e. The molecule has 0 amide bonds. The van der Waals surface area contributed by atoms with Crippen LogP contribution in [0.1, 0.15) is 25.7 Å². The van der Waals surface area contributed by atoms with E-state index >= 15 is 0 Å². The molecule has 0 aliphatic rings. The number of carbonyl (C=O) groups excluding carboxylic acids is 4. The maximum absolute atomic E-state index is 10.6. The zero-order valence-electron chi connectivity index (χ0n) is 9.75. The highest BCUT2D eigenvalue weighted by Crippen LogP contribution is 2.07. The first-order chi connectivity index (χ1) is 8.28. The summed E-state index contributed by atoms with van der Waals surface area (Å²) in [6, 6.07) is 0. The highest BCUT2D eigenvalue weighted by molar-refractivity contribution is 5.56. The van der Waals surface area contributed by atoms with Crippen molar-refractivity contribution in [2.24, 2.45) is 11.8 Å². The average Bonchev–Trinajstić information content (AvgIpc) is 2.37. The lowest BCUT2D eigenvalue weighted by molar-refractivity contribution is -0.115. The van der Waals surface area contributed by atoms with Gasteiger partial charge in [-0.05, 0) is 12.8 Å². The van der Waals surface area contributed by atoms with E-state index in [-0.39, 0.29) is 25.0 Å². The first kappa shape index (κ1) is 15.6. The van der Waals surface area contributed by atoms with Gasteiger partial charge in [-0.15, -0.1) is 0 Å². The predicted octanol–water partition coefficient (Wildman–Crippen LogP) is 0.591. The van der Waals surface area contributed by atoms with E-state index in [9.17, 15) is 19.2 Å². The van der Waals surface area contributed by atoms with Crippen molar-refractivity contribution in [1.29, 1.82) is 0 Å². The number of aldehydes is 4. The van der Waals surface area contributed by atoms with Crippen LogP contribution in [0.25, 0.3) is 0 Å². The zero-order valence-corrected chi connectivity index (χ0v) is 9.75. The number of hydrogen-bond donors (Lipinski definition) is 0. The van der Waals surface area contributed by atoms with Gasteiger partial charge in [0, 0.05) is 24.7 Å². The SMILES string of the molecule is O=CCCC(C=O)COCC(C=O)CCC=O. The van der Waals surface area contributed by atoms with Crippen LogP contribution in [0, 0.1) is 11.8 Å². The van der Waals surface area contributed by atoms with Crippen LogP contribution in [0.2, 0.25) is 0 Å². The van der Waals surface area contributed by atoms with E-state index in [1.165, 1.54) is 0 Å². The Morgan fingerprint density at radius 2 is 1.18 bits per heavy atom. The Bertz CT molecular complexity index is 215. The smallest absolute Gasteiger partial charge is 0.125 e. The summed E-state index contributed by atoms with van der Waals surface area (Å²) in [5.74, 6) is -0.614. The summed E-state index contributed by atoms with van der Waals surface area (Å²) in [6.45, 7) is 0.422. The molecule has 0 N–H and O–H groups in total. The number of ether oxygens (including phenoxy) is 1. The molecule has 0 aromatic carbocycles. The van der Waals surface area contributed by atoms with Crippen molar-refractivity contribution in [1.82, 2.24) is 0 Å².